The topological polar surface area (TPSA) is 112 Å². The number of methoxy groups -OCH3 is 2. The first kappa shape index (κ1) is 36.5. The fraction of sp³-hybridized carbons (Fsp3) is 0.658. The number of aromatic nitrogens is 2. The maximum Gasteiger partial charge on any atom is 0.0957 e. The van der Waals surface area contributed by atoms with E-state index in [1.165, 1.54) is 5.56 Å². The summed E-state index contributed by atoms with van der Waals surface area (Å²) < 4.78 is 10.3. The number of nitrogens with zero attached hydrogens (tertiary/aromatic N) is 1. The molecule has 0 spiro atoms. The lowest BCUT2D eigenvalue weighted by atomic mass is 9.74. The Morgan fingerprint density at radius 3 is 2.02 bits per heavy atom. The molecule has 2 aliphatic rings. The minimum Gasteiger partial charge on any atom is -0.385 e. The zero-order valence-electron chi connectivity index (χ0n) is 28.8. The summed E-state index contributed by atoms with van der Waals surface area (Å²) in [7, 11) is 3.46. The molecule has 8 heteroatoms. The van der Waals surface area contributed by atoms with Gasteiger partial charge in [-0.05, 0) is 94.3 Å². The third-order valence-electron chi connectivity index (χ3n) is 10.3. The van der Waals surface area contributed by atoms with Crippen molar-refractivity contribution >= 4 is 10.9 Å². The van der Waals surface area contributed by atoms with Crippen LogP contribution in [0, 0.1) is 11.8 Å². The third-order valence-corrected chi connectivity index (χ3v) is 10.3. The van der Waals surface area contributed by atoms with E-state index in [2.05, 4.69) is 58.9 Å². The minimum absolute atomic E-state index is 0.229. The molecule has 0 radical (unpaired) electrons. The van der Waals surface area contributed by atoms with Crippen LogP contribution >= 0.6 is 0 Å². The summed E-state index contributed by atoms with van der Waals surface area (Å²) in [5.41, 5.74) is 2.79. The number of benzene rings is 2. The van der Waals surface area contributed by atoms with Gasteiger partial charge in [-0.3, -0.25) is 5.10 Å². The first-order chi connectivity index (χ1) is 22.3. The van der Waals surface area contributed by atoms with Crippen LogP contribution in [0.3, 0.4) is 0 Å². The molecule has 46 heavy (non-hydrogen) atoms. The van der Waals surface area contributed by atoms with Crippen molar-refractivity contribution in [2.24, 2.45) is 11.8 Å². The van der Waals surface area contributed by atoms with E-state index in [0.717, 1.165) is 126 Å². The Kier molecular flexibility index (Phi) is 14.5. The Hall–Kier alpha value is -2.33. The van der Waals surface area contributed by atoms with Crippen LogP contribution in [0.15, 0.2) is 48.7 Å². The van der Waals surface area contributed by atoms with Gasteiger partial charge < -0.3 is 30.3 Å². The van der Waals surface area contributed by atoms with Gasteiger partial charge in [0.1, 0.15) is 0 Å². The maximum atomic E-state index is 11.7. The lowest BCUT2D eigenvalue weighted by Gasteiger charge is -2.40. The van der Waals surface area contributed by atoms with Gasteiger partial charge in [0.15, 0.2) is 0 Å². The van der Waals surface area contributed by atoms with Gasteiger partial charge in [0.25, 0.3) is 0 Å². The number of para-hydroxylation sites is 1. The van der Waals surface area contributed by atoms with Crippen LogP contribution in [-0.4, -0.2) is 74.0 Å². The van der Waals surface area contributed by atoms with Crippen molar-refractivity contribution in [1.29, 1.82) is 0 Å². The van der Waals surface area contributed by atoms with Crippen LogP contribution in [0.1, 0.15) is 101 Å². The van der Waals surface area contributed by atoms with E-state index in [1.54, 1.807) is 14.2 Å². The zero-order valence-corrected chi connectivity index (χ0v) is 28.8. The number of fused-ring (bicyclic) bond motifs is 1. The van der Waals surface area contributed by atoms with E-state index in [1.807, 2.05) is 24.4 Å². The second kappa shape index (κ2) is 18.3. The second-order valence-electron chi connectivity index (χ2n) is 13.8. The zero-order chi connectivity index (χ0) is 32.8. The van der Waals surface area contributed by atoms with Crippen molar-refractivity contribution in [2.75, 3.05) is 53.6 Å². The summed E-state index contributed by atoms with van der Waals surface area (Å²) in [5, 5.41) is 38.5. The van der Waals surface area contributed by atoms with Gasteiger partial charge in [-0.1, -0.05) is 56.3 Å². The Morgan fingerprint density at radius 2 is 1.43 bits per heavy atom. The lowest BCUT2D eigenvalue weighted by Crippen LogP contribution is -2.44. The van der Waals surface area contributed by atoms with Crippen molar-refractivity contribution in [2.45, 2.75) is 95.2 Å². The van der Waals surface area contributed by atoms with E-state index in [-0.39, 0.29) is 5.92 Å². The number of H-pyrrole nitrogens is 1. The molecule has 2 aliphatic heterocycles. The number of aromatic amines is 1. The molecular weight excluding hydrogens is 576 g/mol. The summed E-state index contributed by atoms with van der Waals surface area (Å²) in [5.74, 6) is 1.01. The van der Waals surface area contributed by atoms with Crippen molar-refractivity contribution in [3.8, 4) is 0 Å². The van der Waals surface area contributed by atoms with E-state index in [9.17, 15) is 10.2 Å². The normalized spacial score (nSPS) is 21.4. The molecular formula is C38H60N4O4. The van der Waals surface area contributed by atoms with E-state index in [0.29, 0.717) is 11.8 Å². The Balaban J connectivity index is 0.000000209. The van der Waals surface area contributed by atoms with Crippen LogP contribution in [0.5, 0.6) is 0 Å². The lowest BCUT2D eigenvalue weighted by molar-refractivity contribution is -0.0435. The Labute approximate surface area is 277 Å². The molecule has 0 amide bonds. The average molecular weight is 637 g/mol. The number of aliphatic hydroxyl groups is 2. The van der Waals surface area contributed by atoms with Gasteiger partial charge in [-0.25, -0.2) is 0 Å². The smallest absolute Gasteiger partial charge is 0.0957 e. The molecule has 5 N–H and O–H groups in total. The molecule has 256 valence electrons. The van der Waals surface area contributed by atoms with Gasteiger partial charge in [-0.15, -0.1) is 0 Å². The van der Waals surface area contributed by atoms with Crippen molar-refractivity contribution in [3.05, 3.63) is 65.4 Å². The molecule has 2 fully saturated rings. The number of ether oxygens (including phenoxy) is 2. The SMILES string of the molecule is COCCCC[C@@](O)(c1cccc(C(C)C)c1)[C@@H]1CCCNC1.COCCCC[C@@](O)(c1cccc2cn[nH]c12)[C@@H]1CCCNC1. The highest BCUT2D eigenvalue weighted by Gasteiger charge is 2.40. The summed E-state index contributed by atoms with van der Waals surface area (Å²) in [6.45, 7) is 9.82. The van der Waals surface area contributed by atoms with Crippen LogP contribution < -0.4 is 10.6 Å². The number of hydrogen-bond donors (Lipinski definition) is 5. The molecule has 2 aromatic carbocycles. The monoisotopic (exact) mass is 636 g/mol. The summed E-state index contributed by atoms with van der Waals surface area (Å²) in [6.07, 6.45) is 11.7. The van der Waals surface area contributed by atoms with Gasteiger partial charge in [0, 0.05) is 63.3 Å². The van der Waals surface area contributed by atoms with Gasteiger partial charge in [-0.2, -0.15) is 5.10 Å². The summed E-state index contributed by atoms with van der Waals surface area (Å²) in [4.78, 5) is 0. The summed E-state index contributed by atoms with van der Waals surface area (Å²) >= 11 is 0. The number of piperidine rings is 2. The fourth-order valence-electron chi connectivity index (χ4n) is 7.44. The predicted octanol–water partition coefficient (Wildman–Crippen LogP) is 6.38. The quantitative estimate of drug-likeness (QED) is 0.123. The van der Waals surface area contributed by atoms with E-state index < -0.39 is 11.2 Å². The number of nitrogens with one attached hydrogen (secondary N) is 3. The Morgan fingerprint density at radius 1 is 0.826 bits per heavy atom. The predicted molar refractivity (Wildman–Crippen MR) is 187 cm³/mol. The molecule has 2 saturated heterocycles. The highest BCUT2D eigenvalue weighted by atomic mass is 16.5. The van der Waals surface area contributed by atoms with Crippen LogP contribution in [-0.2, 0) is 20.7 Å². The van der Waals surface area contributed by atoms with Gasteiger partial charge in [0.2, 0.25) is 0 Å². The van der Waals surface area contributed by atoms with Gasteiger partial charge in [0.05, 0.1) is 22.9 Å². The van der Waals surface area contributed by atoms with E-state index >= 15 is 0 Å². The van der Waals surface area contributed by atoms with Gasteiger partial charge >= 0.3 is 0 Å². The molecule has 0 aliphatic carbocycles. The minimum atomic E-state index is -0.826. The molecule has 3 heterocycles. The molecule has 0 saturated carbocycles. The van der Waals surface area contributed by atoms with Crippen molar-refractivity contribution in [1.82, 2.24) is 20.8 Å². The van der Waals surface area contributed by atoms with Crippen molar-refractivity contribution in [3.63, 3.8) is 0 Å². The van der Waals surface area contributed by atoms with Crippen molar-refractivity contribution < 1.29 is 19.7 Å². The average Bonchev–Trinajstić information content (AvgIpc) is 3.59. The molecule has 8 nitrogen and oxygen atoms in total. The van der Waals surface area contributed by atoms with Crippen LogP contribution in [0.4, 0.5) is 0 Å². The standard InChI is InChI=1S/C20H33NO2.C18H27N3O2/c1-16(2)17-8-6-9-18(14-17)20(22,11-4-5-13-23-3)19-10-7-12-21-15-19;1-23-11-3-2-9-18(22,15-7-5-10-19-13-15)16-8-4-6-14-12-20-21-17(14)16/h6,8-9,14,16,19,21-22H,4-5,7,10-13,15H2,1-3H3;4,6,8,12,15,19,22H,2-3,5,7,9-11,13H2,1H3,(H,20,21)/t19-,20-;15-,18+/m11/s1. The first-order valence-electron chi connectivity index (χ1n) is 17.7. The number of unbranched alkanes of at least 4 members (excludes halogenated alkanes) is 2. The second-order valence-corrected chi connectivity index (χ2v) is 13.8. The molecule has 1 aromatic heterocycles. The molecule has 0 unspecified atom stereocenters. The van der Waals surface area contributed by atoms with Crippen LogP contribution in [0.25, 0.3) is 10.9 Å². The molecule has 3 aromatic rings. The number of hydrogen-bond acceptors (Lipinski definition) is 7. The molecule has 4 atom stereocenters. The first-order valence-corrected chi connectivity index (χ1v) is 17.7. The van der Waals surface area contributed by atoms with E-state index in [4.69, 9.17) is 9.47 Å². The highest BCUT2D eigenvalue weighted by Crippen LogP contribution is 2.41. The maximum absolute atomic E-state index is 11.7. The third kappa shape index (κ3) is 9.39. The summed E-state index contributed by atoms with van der Waals surface area (Å²) in [6, 6.07) is 14.7. The molecule has 5 rings (SSSR count). The fourth-order valence-corrected chi connectivity index (χ4v) is 7.44. The Bertz CT molecular complexity index is 1290. The largest absolute Gasteiger partial charge is 0.385 e. The molecule has 0 bridgehead atoms. The van der Waals surface area contributed by atoms with Crippen LogP contribution in [0.2, 0.25) is 0 Å². The highest BCUT2D eigenvalue weighted by molar-refractivity contribution is 5.82. The number of rotatable bonds is 15.